The maximum atomic E-state index is 11.2. The van der Waals surface area contributed by atoms with Crippen LogP contribution in [0, 0.1) is 17.8 Å². The third-order valence-electron chi connectivity index (χ3n) is 8.70. The average molecular weight is 555 g/mol. The Morgan fingerprint density at radius 3 is 2.63 bits per heavy atom. The van der Waals surface area contributed by atoms with Gasteiger partial charge >= 0.3 is 5.97 Å². The van der Waals surface area contributed by atoms with E-state index in [1.54, 1.807) is 6.07 Å². The van der Waals surface area contributed by atoms with E-state index in [2.05, 4.69) is 22.0 Å². The van der Waals surface area contributed by atoms with Gasteiger partial charge in [0.05, 0.1) is 17.5 Å². The quantitative estimate of drug-likeness (QED) is 0.364. The lowest BCUT2D eigenvalue weighted by atomic mass is 9.76. The zero-order valence-electron chi connectivity index (χ0n) is 21.5. The zero-order valence-corrected chi connectivity index (χ0v) is 23.0. The summed E-state index contributed by atoms with van der Waals surface area (Å²) in [6, 6.07) is 14.0. The molecule has 2 N–H and O–H groups in total. The van der Waals surface area contributed by atoms with Gasteiger partial charge in [0.2, 0.25) is 5.95 Å². The fourth-order valence-corrected chi connectivity index (χ4v) is 6.84. The van der Waals surface area contributed by atoms with Gasteiger partial charge in [-0.3, -0.25) is 4.79 Å². The molecule has 3 heterocycles. The number of aromatic nitrogens is 2. The number of para-hydroxylation sites is 1. The molecule has 38 heavy (non-hydrogen) atoms. The minimum Gasteiger partial charge on any atom is -0.481 e. The number of nitrogens with zero attached hydrogens (tertiary/aromatic N) is 4. The molecule has 0 radical (unpaired) electrons. The monoisotopic (exact) mass is 553 g/mol. The fourth-order valence-electron chi connectivity index (χ4n) is 6.27. The van der Waals surface area contributed by atoms with Gasteiger partial charge in [0.25, 0.3) is 0 Å². The van der Waals surface area contributed by atoms with Crippen LogP contribution in [0.4, 0.5) is 11.8 Å². The van der Waals surface area contributed by atoms with Crippen molar-refractivity contribution < 1.29 is 9.90 Å². The van der Waals surface area contributed by atoms with E-state index in [1.165, 1.54) is 12.8 Å². The highest BCUT2D eigenvalue weighted by Crippen LogP contribution is 2.39. The molecule has 0 spiro atoms. The Bertz CT molecular complexity index is 1340. The molecule has 2 aliphatic heterocycles. The first-order valence-corrected chi connectivity index (χ1v) is 14.3. The number of likely N-dealkylation sites (tertiary alicyclic amines) is 1. The molecule has 200 valence electrons. The molecule has 0 amide bonds. The number of anilines is 2. The normalized spacial score (nSPS) is 25.0. The van der Waals surface area contributed by atoms with Gasteiger partial charge in [-0.1, -0.05) is 41.4 Å². The number of carboxylic acids is 1. The van der Waals surface area contributed by atoms with E-state index in [9.17, 15) is 9.90 Å². The Balaban J connectivity index is 1.14. The summed E-state index contributed by atoms with van der Waals surface area (Å²) < 4.78 is 0. The number of rotatable bonds is 7. The van der Waals surface area contributed by atoms with Crippen LogP contribution in [0.3, 0.4) is 0 Å². The maximum Gasteiger partial charge on any atom is 0.306 e. The van der Waals surface area contributed by atoms with Crippen molar-refractivity contribution in [2.45, 2.75) is 44.7 Å². The van der Waals surface area contributed by atoms with Crippen LogP contribution < -0.4 is 10.2 Å². The number of fused-ring (bicyclic) bond motifs is 1. The Hall–Kier alpha value is -2.61. The standard InChI is InChI=1S/C29H33Cl2N5O2/c1-17(23-9-8-21(30)13-25(23)31)32-27-24-6-2-3-7-26(24)33-29(34-27)36-15-20(16-36)18-5-4-10-35(14-18)22-11-19(12-22)28(37)38/h2-3,6-9,13,17-20,22H,4-5,10-12,14-16H2,1H3,(H,37,38)(H,32,33,34). The summed E-state index contributed by atoms with van der Waals surface area (Å²) in [6.07, 6.45) is 4.05. The SMILES string of the molecule is CC(Nc1nc(N2CC(C3CCCN(C4CC(C(=O)O)C4)C3)C2)nc2ccccc12)c1ccc(Cl)cc1Cl. The second-order valence-corrected chi connectivity index (χ2v) is 12.0. The number of halogens is 2. The van der Waals surface area contributed by atoms with Gasteiger partial charge in [0.1, 0.15) is 5.82 Å². The number of aliphatic carboxylic acids is 1. The predicted octanol–water partition coefficient (Wildman–Crippen LogP) is 6.12. The molecule has 2 atom stereocenters. The van der Waals surface area contributed by atoms with Crippen LogP contribution in [0.5, 0.6) is 0 Å². The number of carbonyl (C=O) groups is 1. The largest absolute Gasteiger partial charge is 0.481 e. The van der Waals surface area contributed by atoms with Crippen molar-refractivity contribution in [2.24, 2.45) is 17.8 Å². The van der Waals surface area contributed by atoms with E-state index < -0.39 is 5.97 Å². The number of piperidine rings is 1. The van der Waals surface area contributed by atoms with Gasteiger partial charge in [-0.15, -0.1) is 0 Å². The molecule has 2 unspecified atom stereocenters. The van der Waals surface area contributed by atoms with E-state index in [-0.39, 0.29) is 12.0 Å². The summed E-state index contributed by atoms with van der Waals surface area (Å²) in [7, 11) is 0. The molecule has 3 aliphatic rings. The second-order valence-electron chi connectivity index (χ2n) is 11.1. The van der Waals surface area contributed by atoms with Crippen LogP contribution >= 0.6 is 23.2 Å². The number of hydrogen-bond acceptors (Lipinski definition) is 6. The number of nitrogens with one attached hydrogen (secondary N) is 1. The lowest BCUT2D eigenvalue weighted by Gasteiger charge is -2.50. The molecule has 2 saturated heterocycles. The third kappa shape index (κ3) is 5.04. The molecule has 6 rings (SSSR count). The topological polar surface area (TPSA) is 81.6 Å². The van der Waals surface area contributed by atoms with Gasteiger partial charge in [0, 0.05) is 41.1 Å². The summed E-state index contributed by atoms with van der Waals surface area (Å²) in [5.74, 6) is 2.04. The lowest BCUT2D eigenvalue weighted by molar-refractivity contribution is -0.147. The average Bonchev–Trinajstić information content (AvgIpc) is 2.82. The van der Waals surface area contributed by atoms with Crippen molar-refractivity contribution in [1.82, 2.24) is 14.9 Å². The predicted molar refractivity (Wildman–Crippen MR) is 152 cm³/mol. The Labute approximate surface area is 233 Å². The van der Waals surface area contributed by atoms with Crippen molar-refractivity contribution in [3.8, 4) is 0 Å². The van der Waals surface area contributed by atoms with Gasteiger partial charge < -0.3 is 20.2 Å². The third-order valence-corrected chi connectivity index (χ3v) is 9.26. The van der Waals surface area contributed by atoms with E-state index in [4.69, 9.17) is 33.2 Å². The smallest absolute Gasteiger partial charge is 0.306 e. The molecule has 1 saturated carbocycles. The molecular weight excluding hydrogens is 521 g/mol. The molecule has 3 fully saturated rings. The van der Waals surface area contributed by atoms with Gasteiger partial charge in [-0.05, 0) is 80.8 Å². The van der Waals surface area contributed by atoms with Crippen LogP contribution in [0.1, 0.15) is 44.2 Å². The minimum atomic E-state index is -0.639. The van der Waals surface area contributed by atoms with E-state index in [0.717, 1.165) is 67.3 Å². The summed E-state index contributed by atoms with van der Waals surface area (Å²) in [6.45, 7) is 6.16. The van der Waals surface area contributed by atoms with Crippen LogP contribution in [0.2, 0.25) is 10.0 Å². The first kappa shape index (κ1) is 25.7. The summed E-state index contributed by atoms with van der Waals surface area (Å²) in [5, 5.41) is 15.0. The Kier molecular flexibility index (Phi) is 7.10. The molecule has 1 aliphatic carbocycles. The van der Waals surface area contributed by atoms with Crippen LogP contribution in [-0.4, -0.2) is 58.2 Å². The molecule has 2 aromatic carbocycles. The van der Waals surface area contributed by atoms with E-state index in [0.29, 0.717) is 27.9 Å². The summed E-state index contributed by atoms with van der Waals surface area (Å²) >= 11 is 12.6. The van der Waals surface area contributed by atoms with Crippen molar-refractivity contribution in [3.63, 3.8) is 0 Å². The number of hydrogen-bond donors (Lipinski definition) is 2. The maximum absolute atomic E-state index is 11.2. The molecule has 7 nitrogen and oxygen atoms in total. The number of benzene rings is 2. The first-order valence-electron chi connectivity index (χ1n) is 13.6. The molecule has 9 heteroatoms. The van der Waals surface area contributed by atoms with Gasteiger partial charge in [0.15, 0.2) is 0 Å². The Morgan fingerprint density at radius 1 is 1.08 bits per heavy atom. The van der Waals surface area contributed by atoms with Crippen molar-refractivity contribution in [2.75, 3.05) is 36.4 Å². The first-order chi connectivity index (χ1) is 18.4. The highest BCUT2D eigenvalue weighted by molar-refractivity contribution is 6.35. The van der Waals surface area contributed by atoms with Crippen molar-refractivity contribution in [1.29, 1.82) is 0 Å². The van der Waals surface area contributed by atoms with Crippen molar-refractivity contribution in [3.05, 3.63) is 58.1 Å². The molecule has 0 bridgehead atoms. The molecular formula is C29H33Cl2N5O2. The van der Waals surface area contributed by atoms with Gasteiger partial charge in [-0.25, -0.2) is 4.98 Å². The molecule has 1 aromatic heterocycles. The lowest BCUT2D eigenvalue weighted by Crippen LogP contribution is -2.56. The van der Waals surface area contributed by atoms with Gasteiger partial charge in [-0.2, -0.15) is 4.98 Å². The van der Waals surface area contributed by atoms with E-state index in [1.807, 2.05) is 36.4 Å². The second kappa shape index (κ2) is 10.5. The fraction of sp³-hybridized carbons (Fsp3) is 0.483. The Morgan fingerprint density at radius 2 is 1.87 bits per heavy atom. The minimum absolute atomic E-state index is 0.0597. The number of carboxylic acid groups (broad SMARTS) is 1. The van der Waals surface area contributed by atoms with Crippen LogP contribution in [0.15, 0.2) is 42.5 Å². The summed E-state index contributed by atoms with van der Waals surface area (Å²) in [4.78, 5) is 25.9. The highest BCUT2D eigenvalue weighted by atomic mass is 35.5. The summed E-state index contributed by atoms with van der Waals surface area (Å²) in [5.41, 5.74) is 1.88. The van der Waals surface area contributed by atoms with Crippen LogP contribution in [0.25, 0.3) is 10.9 Å². The van der Waals surface area contributed by atoms with E-state index >= 15 is 0 Å². The molecule has 3 aromatic rings. The van der Waals surface area contributed by atoms with Crippen molar-refractivity contribution >= 4 is 51.8 Å². The zero-order chi connectivity index (χ0) is 26.4. The van der Waals surface area contributed by atoms with Crippen LogP contribution in [-0.2, 0) is 4.79 Å². The highest BCUT2D eigenvalue weighted by Gasteiger charge is 2.42.